The van der Waals surface area contributed by atoms with Gasteiger partial charge in [0.25, 0.3) is 0 Å². The van der Waals surface area contributed by atoms with Crippen molar-refractivity contribution < 1.29 is 19.0 Å². The molecule has 1 amide bonds. The predicted molar refractivity (Wildman–Crippen MR) is 154 cm³/mol. The van der Waals surface area contributed by atoms with Gasteiger partial charge in [0.15, 0.2) is 11.5 Å². The molecule has 1 aliphatic rings. The van der Waals surface area contributed by atoms with E-state index in [-0.39, 0.29) is 11.8 Å². The lowest BCUT2D eigenvalue weighted by atomic mass is 10.1. The number of hydrogen-bond donors (Lipinski definition) is 0. The minimum absolute atomic E-state index is 0.00915. The summed E-state index contributed by atoms with van der Waals surface area (Å²) in [5.41, 5.74) is 4.04. The fourth-order valence-corrected chi connectivity index (χ4v) is 5.19. The maximum Gasteiger partial charge on any atom is 0.227 e. The second kappa shape index (κ2) is 12.1. The lowest BCUT2D eigenvalue weighted by Gasteiger charge is -2.18. The lowest BCUT2D eigenvalue weighted by molar-refractivity contribution is -0.117. The van der Waals surface area contributed by atoms with E-state index in [1.165, 1.54) is 0 Å². The van der Waals surface area contributed by atoms with Crippen molar-refractivity contribution in [2.45, 2.75) is 38.6 Å². The monoisotopic (exact) mass is 525 g/mol. The van der Waals surface area contributed by atoms with Crippen LogP contribution in [0.5, 0.6) is 17.2 Å². The molecule has 1 fully saturated rings. The largest absolute Gasteiger partial charge is 0.494 e. The summed E-state index contributed by atoms with van der Waals surface area (Å²) in [7, 11) is 1.66. The van der Waals surface area contributed by atoms with E-state index < -0.39 is 0 Å². The van der Waals surface area contributed by atoms with Gasteiger partial charge in [-0.05, 0) is 73.9 Å². The van der Waals surface area contributed by atoms with Crippen LogP contribution < -0.4 is 19.1 Å². The highest BCUT2D eigenvalue weighted by Gasteiger charge is 2.34. The zero-order chi connectivity index (χ0) is 27.2. The zero-order valence-electron chi connectivity index (χ0n) is 22.6. The van der Waals surface area contributed by atoms with Crippen LogP contribution in [0.25, 0.3) is 11.0 Å². The summed E-state index contributed by atoms with van der Waals surface area (Å²) in [6.07, 6.45) is 3.87. The van der Waals surface area contributed by atoms with Crippen molar-refractivity contribution in [3.05, 3.63) is 90.8 Å². The van der Waals surface area contributed by atoms with Gasteiger partial charge in [-0.3, -0.25) is 4.79 Å². The van der Waals surface area contributed by atoms with Gasteiger partial charge in [0.1, 0.15) is 11.6 Å². The van der Waals surface area contributed by atoms with Gasteiger partial charge in [0.2, 0.25) is 5.91 Å². The van der Waals surface area contributed by atoms with E-state index >= 15 is 0 Å². The third-order valence-corrected chi connectivity index (χ3v) is 7.03. The minimum Gasteiger partial charge on any atom is -0.494 e. The maximum atomic E-state index is 13.1. The Labute approximate surface area is 229 Å². The first-order valence-corrected chi connectivity index (χ1v) is 13.5. The third-order valence-electron chi connectivity index (χ3n) is 7.03. The second-order valence-electron chi connectivity index (χ2n) is 9.62. The molecule has 3 aromatic carbocycles. The molecule has 0 bridgehead atoms. The second-order valence-corrected chi connectivity index (χ2v) is 9.62. The highest BCUT2D eigenvalue weighted by atomic mass is 16.5. The van der Waals surface area contributed by atoms with E-state index in [2.05, 4.69) is 17.2 Å². The Morgan fingerprint density at radius 3 is 2.64 bits per heavy atom. The number of allylic oxidation sites excluding steroid dienone is 1. The van der Waals surface area contributed by atoms with Crippen molar-refractivity contribution in [1.82, 2.24) is 9.55 Å². The molecule has 0 aliphatic carbocycles. The molecule has 202 valence electrons. The number of methoxy groups -OCH3 is 1. The number of imidazole rings is 1. The quantitative estimate of drug-likeness (QED) is 0.164. The van der Waals surface area contributed by atoms with Gasteiger partial charge in [-0.1, -0.05) is 24.3 Å². The first kappa shape index (κ1) is 26.4. The number of rotatable bonds is 12. The van der Waals surface area contributed by atoms with Crippen LogP contribution >= 0.6 is 0 Å². The third kappa shape index (κ3) is 5.77. The Morgan fingerprint density at radius 2 is 1.87 bits per heavy atom. The number of ether oxygens (including phenoxy) is 3. The van der Waals surface area contributed by atoms with Crippen molar-refractivity contribution in [2.24, 2.45) is 0 Å². The number of amides is 1. The average molecular weight is 526 g/mol. The van der Waals surface area contributed by atoms with Gasteiger partial charge in [-0.15, -0.1) is 6.58 Å². The first-order chi connectivity index (χ1) is 19.1. The molecule has 39 heavy (non-hydrogen) atoms. The minimum atomic E-state index is 0.00915. The topological polar surface area (TPSA) is 65.8 Å². The molecule has 5 rings (SSSR count). The van der Waals surface area contributed by atoms with Gasteiger partial charge in [0.05, 0.1) is 31.4 Å². The smallest absolute Gasteiger partial charge is 0.227 e. The molecule has 1 aromatic heterocycles. The van der Waals surface area contributed by atoms with Crippen LogP contribution in [0.3, 0.4) is 0 Å². The Kier molecular flexibility index (Phi) is 8.16. The van der Waals surface area contributed by atoms with Gasteiger partial charge >= 0.3 is 0 Å². The summed E-state index contributed by atoms with van der Waals surface area (Å²) in [5, 5.41) is 0. The summed E-state index contributed by atoms with van der Waals surface area (Å²) in [6.45, 7) is 8.24. The number of carbonyl (C=O) groups excluding carboxylic acids is 1. The van der Waals surface area contributed by atoms with Gasteiger partial charge in [0, 0.05) is 31.1 Å². The van der Waals surface area contributed by atoms with Crippen molar-refractivity contribution in [3.8, 4) is 17.2 Å². The molecule has 0 radical (unpaired) electrons. The van der Waals surface area contributed by atoms with E-state index in [1.807, 2.05) is 78.6 Å². The molecule has 0 N–H and O–H groups in total. The Hall–Kier alpha value is -4.26. The summed E-state index contributed by atoms with van der Waals surface area (Å²) >= 11 is 0. The van der Waals surface area contributed by atoms with Gasteiger partial charge < -0.3 is 23.7 Å². The Balaban J connectivity index is 1.30. The summed E-state index contributed by atoms with van der Waals surface area (Å²) < 4.78 is 19.4. The van der Waals surface area contributed by atoms with Crippen LogP contribution in [0.1, 0.15) is 37.1 Å². The highest BCUT2D eigenvalue weighted by Crippen LogP contribution is 2.34. The zero-order valence-corrected chi connectivity index (χ0v) is 22.6. The van der Waals surface area contributed by atoms with Crippen LogP contribution in [0.2, 0.25) is 0 Å². The number of carbonyl (C=O) groups is 1. The van der Waals surface area contributed by atoms with Crippen molar-refractivity contribution in [2.75, 3.05) is 31.8 Å². The molecule has 1 unspecified atom stereocenters. The standard InChI is InChI=1S/C32H35N3O4/c1-4-9-23-12-17-29(30(20-23)37-3)39-19-8-18-34-28-11-7-6-10-27(28)33-32(34)24-21-31(36)35(22-24)25-13-15-26(16-14-25)38-5-2/h4,6-7,10-17,20,24H,1,5,8-9,18-19,21-22H2,2-3H3. The molecule has 4 aromatic rings. The number of para-hydroxylation sites is 2. The number of nitrogens with zero attached hydrogens (tertiary/aromatic N) is 3. The molecule has 7 heteroatoms. The van der Waals surface area contributed by atoms with Crippen LogP contribution in [-0.4, -0.2) is 42.3 Å². The fraction of sp³-hybridized carbons (Fsp3) is 0.312. The molecule has 0 saturated carbocycles. The predicted octanol–water partition coefficient (Wildman–Crippen LogP) is 6.16. The summed E-state index contributed by atoms with van der Waals surface area (Å²) in [5.74, 6) is 3.33. The average Bonchev–Trinajstić information content (AvgIpc) is 3.52. The number of benzene rings is 3. The summed E-state index contributed by atoms with van der Waals surface area (Å²) in [4.78, 5) is 19.9. The van der Waals surface area contributed by atoms with Gasteiger partial charge in [-0.2, -0.15) is 0 Å². The van der Waals surface area contributed by atoms with Crippen LogP contribution in [0, 0.1) is 0 Å². The number of anilines is 1. The van der Waals surface area contributed by atoms with E-state index in [1.54, 1.807) is 7.11 Å². The van der Waals surface area contributed by atoms with Crippen LogP contribution in [-0.2, 0) is 17.8 Å². The maximum absolute atomic E-state index is 13.1. The lowest BCUT2D eigenvalue weighted by Crippen LogP contribution is -2.24. The van der Waals surface area contributed by atoms with Crippen molar-refractivity contribution in [1.29, 1.82) is 0 Å². The van der Waals surface area contributed by atoms with E-state index in [9.17, 15) is 4.79 Å². The van der Waals surface area contributed by atoms with Crippen LogP contribution in [0.15, 0.2) is 79.4 Å². The van der Waals surface area contributed by atoms with E-state index in [0.29, 0.717) is 26.2 Å². The molecule has 1 aliphatic heterocycles. The summed E-state index contributed by atoms with van der Waals surface area (Å²) in [6, 6.07) is 21.9. The first-order valence-electron chi connectivity index (χ1n) is 13.5. The van der Waals surface area contributed by atoms with E-state index in [0.717, 1.165) is 64.7 Å². The van der Waals surface area contributed by atoms with Crippen molar-refractivity contribution >= 4 is 22.6 Å². The molecule has 1 atom stereocenters. The number of aromatic nitrogens is 2. The fourth-order valence-electron chi connectivity index (χ4n) is 5.19. The Bertz CT molecular complexity index is 1440. The SMILES string of the molecule is C=CCc1ccc(OCCCn2c(C3CC(=O)N(c4ccc(OCC)cc4)C3)nc3ccccc32)c(OC)c1. The number of hydrogen-bond acceptors (Lipinski definition) is 5. The molecule has 1 saturated heterocycles. The molecular formula is C32H35N3O4. The molecule has 7 nitrogen and oxygen atoms in total. The molecule has 2 heterocycles. The van der Waals surface area contributed by atoms with Gasteiger partial charge in [-0.25, -0.2) is 4.98 Å². The van der Waals surface area contributed by atoms with Crippen LogP contribution in [0.4, 0.5) is 5.69 Å². The number of aryl methyl sites for hydroxylation is 1. The molecular weight excluding hydrogens is 490 g/mol. The van der Waals surface area contributed by atoms with E-state index in [4.69, 9.17) is 19.2 Å². The van der Waals surface area contributed by atoms with Crippen molar-refractivity contribution in [3.63, 3.8) is 0 Å². The molecule has 0 spiro atoms. The Morgan fingerprint density at radius 1 is 1.05 bits per heavy atom. The number of fused-ring (bicyclic) bond motifs is 1. The highest BCUT2D eigenvalue weighted by molar-refractivity contribution is 5.96. The normalized spacial score (nSPS) is 15.1.